The molecule has 0 unspecified atom stereocenters. The van der Waals surface area contributed by atoms with Crippen molar-refractivity contribution in [2.45, 2.75) is 33.1 Å². The van der Waals surface area contributed by atoms with Crippen LogP contribution in [0.1, 0.15) is 36.1 Å². The second-order valence-corrected chi connectivity index (χ2v) is 12.0. The summed E-state index contributed by atoms with van der Waals surface area (Å²) in [7, 11) is 0. The first-order valence-electron chi connectivity index (χ1n) is 14.5. The lowest BCUT2D eigenvalue weighted by molar-refractivity contribution is 0.661. The van der Waals surface area contributed by atoms with E-state index in [1.54, 1.807) is 0 Å². The fourth-order valence-electron chi connectivity index (χ4n) is 6.51. The van der Waals surface area contributed by atoms with Gasteiger partial charge in [0.05, 0.1) is 11.0 Å². The van der Waals surface area contributed by atoms with Gasteiger partial charge < -0.3 is 0 Å². The van der Waals surface area contributed by atoms with Crippen LogP contribution >= 0.6 is 0 Å². The molecule has 4 nitrogen and oxygen atoms in total. The highest BCUT2D eigenvalue weighted by Gasteiger charge is 2.36. The van der Waals surface area contributed by atoms with Crippen molar-refractivity contribution in [3.8, 4) is 39.9 Å². The number of aryl methyl sites for hydroxylation is 2. The van der Waals surface area contributed by atoms with Gasteiger partial charge in [-0.3, -0.25) is 4.57 Å². The van der Waals surface area contributed by atoms with Gasteiger partial charge in [0, 0.05) is 27.3 Å². The molecule has 1 aliphatic carbocycles. The lowest BCUT2D eigenvalue weighted by Crippen LogP contribution is -2.14. The molecule has 0 radical (unpaired) electrons. The van der Waals surface area contributed by atoms with Crippen molar-refractivity contribution in [3.63, 3.8) is 0 Å². The molecule has 2 heterocycles. The van der Waals surface area contributed by atoms with Gasteiger partial charge in [-0.15, -0.1) is 0 Å². The zero-order valence-corrected chi connectivity index (χ0v) is 24.2. The first-order chi connectivity index (χ1) is 20.4. The third-order valence-corrected chi connectivity index (χ3v) is 8.82. The molecule has 0 atom stereocenters. The van der Waals surface area contributed by atoms with Gasteiger partial charge in [-0.25, -0.2) is 4.98 Å². The summed E-state index contributed by atoms with van der Waals surface area (Å²) in [4.78, 5) is 15.2. The third-order valence-electron chi connectivity index (χ3n) is 8.82. The molecule has 0 fully saturated rings. The molecular weight excluding hydrogens is 512 g/mol. The Morgan fingerprint density at radius 2 is 1.12 bits per heavy atom. The third kappa shape index (κ3) is 3.65. The largest absolute Gasteiger partial charge is 0.278 e. The first kappa shape index (κ1) is 24.7. The quantitative estimate of drug-likeness (QED) is 0.223. The van der Waals surface area contributed by atoms with E-state index in [2.05, 4.69) is 141 Å². The van der Waals surface area contributed by atoms with E-state index in [1.807, 2.05) is 0 Å². The smallest absolute Gasteiger partial charge is 0.238 e. The number of hydrogen-bond acceptors (Lipinski definition) is 3. The standard InChI is InChI=1S/C38H30N4/c1-23-13-17-25(18-14-23)35-39-36(26-19-15-24(2)16-20-26)41-37(40-35)42-33-12-8-6-10-28(33)30-21-32-29(22-34(30)42)27-9-5-7-11-31(27)38(32,3)4/h5-22H,1-4H3. The van der Waals surface area contributed by atoms with Crippen molar-refractivity contribution < 1.29 is 0 Å². The Morgan fingerprint density at radius 1 is 0.524 bits per heavy atom. The monoisotopic (exact) mass is 542 g/mol. The SMILES string of the molecule is Cc1ccc(-c2nc(-c3ccc(C)cc3)nc(-n3c4ccccc4c4cc5c(cc43)-c3ccccc3C5(C)C)n2)cc1. The van der Waals surface area contributed by atoms with Crippen LogP contribution < -0.4 is 0 Å². The maximum absolute atomic E-state index is 5.13. The molecular formula is C38H30N4. The maximum atomic E-state index is 5.13. The summed E-state index contributed by atoms with van der Waals surface area (Å²) in [5.41, 5.74) is 11.7. The van der Waals surface area contributed by atoms with Crippen molar-refractivity contribution in [2.24, 2.45) is 0 Å². The van der Waals surface area contributed by atoms with Crippen molar-refractivity contribution >= 4 is 21.8 Å². The molecule has 0 spiro atoms. The fraction of sp³-hybridized carbons (Fsp3) is 0.132. The normalized spacial score (nSPS) is 13.4. The summed E-state index contributed by atoms with van der Waals surface area (Å²) in [5, 5.41) is 2.40. The van der Waals surface area contributed by atoms with E-state index in [4.69, 9.17) is 15.0 Å². The van der Waals surface area contributed by atoms with E-state index in [1.165, 1.54) is 44.2 Å². The minimum Gasteiger partial charge on any atom is -0.278 e. The van der Waals surface area contributed by atoms with Gasteiger partial charge in [0.1, 0.15) is 0 Å². The van der Waals surface area contributed by atoms with Gasteiger partial charge >= 0.3 is 0 Å². The number of nitrogens with zero attached hydrogens (tertiary/aromatic N) is 4. The lowest BCUT2D eigenvalue weighted by Gasteiger charge is -2.21. The van der Waals surface area contributed by atoms with Crippen LogP contribution in [-0.2, 0) is 5.41 Å². The minimum atomic E-state index is -0.0757. The zero-order valence-electron chi connectivity index (χ0n) is 24.2. The van der Waals surface area contributed by atoms with Crippen molar-refractivity contribution in [2.75, 3.05) is 0 Å². The van der Waals surface area contributed by atoms with Crippen LogP contribution in [0, 0.1) is 13.8 Å². The van der Waals surface area contributed by atoms with Gasteiger partial charge in [-0.2, -0.15) is 9.97 Å². The predicted molar refractivity (Wildman–Crippen MR) is 172 cm³/mol. The predicted octanol–water partition coefficient (Wildman–Crippen LogP) is 9.23. The minimum absolute atomic E-state index is 0.0757. The second-order valence-electron chi connectivity index (χ2n) is 12.0. The average molecular weight is 543 g/mol. The molecule has 0 bridgehead atoms. The van der Waals surface area contributed by atoms with Crippen LogP contribution in [0.2, 0.25) is 0 Å². The fourth-order valence-corrected chi connectivity index (χ4v) is 6.51. The molecule has 7 aromatic rings. The molecule has 0 saturated heterocycles. The molecule has 4 heteroatoms. The van der Waals surface area contributed by atoms with E-state index in [0.717, 1.165) is 22.2 Å². The average Bonchev–Trinajstić information content (AvgIpc) is 3.45. The van der Waals surface area contributed by atoms with Crippen molar-refractivity contribution in [3.05, 3.63) is 131 Å². The van der Waals surface area contributed by atoms with Crippen molar-refractivity contribution in [1.82, 2.24) is 19.5 Å². The Hall–Kier alpha value is -5.09. The summed E-state index contributed by atoms with van der Waals surface area (Å²) in [5.74, 6) is 1.94. The van der Waals surface area contributed by atoms with Gasteiger partial charge in [0.2, 0.25) is 5.95 Å². The molecule has 2 aromatic heterocycles. The Bertz CT molecular complexity index is 2100. The maximum Gasteiger partial charge on any atom is 0.238 e. The summed E-state index contributed by atoms with van der Waals surface area (Å²) < 4.78 is 2.22. The topological polar surface area (TPSA) is 43.6 Å². The summed E-state index contributed by atoms with van der Waals surface area (Å²) in [6, 6.07) is 38.9. The molecule has 0 amide bonds. The van der Waals surface area contributed by atoms with Gasteiger partial charge in [0.25, 0.3) is 0 Å². The Labute approximate surface area is 245 Å². The van der Waals surface area contributed by atoms with Crippen LogP contribution in [0.25, 0.3) is 61.7 Å². The van der Waals surface area contributed by atoms with E-state index in [-0.39, 0.29) is 5.41 Å². The van der Waals surface area contributed by atoms with Crippen molar-refractivity contribution in [1.29, 1.82) is 0 Å². The number of fused-ring (bicyclic) bond motifs is 6. The molecule has 42 heavy (non-hydrogen) atoms. The molecule has 1 aliphatic rings. The summed E-state index contributed by atoms with van der Waals surface area (Å²) >= 11 is 0. The molecule has 5 aromatic carbocycles. The number of rotatable bonds is 3. The highest BCUT2D eigenvalue weighted by Crippen LogP contribution is 2.50. The first-order valence-corrected chi connectivity index (χ1v) is 14.5. The van der Waals surface area contributed by atoms with Crippen LogP contribution in [0.3, 0.4) is 0 Å². The van der Waals surface area contributed by atoms with Crippen LogP contribution in [0.5, 0.6) is 0 Å². The number of hydrogen-bond donors (Lipinski definition) is 0. The summed E-state index contributed by atoms with van der Waals surface area (Å²) in [6.07, 6.45) is 0. The Balaban J connectivity index is 1.45. The van der Waals surface area contributed by atoms with E-state index < -0.39 is 0 Å². The zero-order chi connectivity index (χ0) is 28.6. The molecule has 0 saturated carbocycles. The van der Waals surface area contributed by atoms with Crippen LogP contribution in [0.15, 0.2) is 109 Å². The van der Waals surface area contributed by atoms with Gasteiger partial charge in [-0.05, 0) is 54.3 Å². The molecule has 0 N–H and O–H groups in total. The van der Waals surface area contributed by atoms with E-state index in [9.17, 15) is 0 Å². The number of aromatic nitrogens is 4. The molecule has 202 valence electrons. The summed E-state index contributed by atoms with van der Waals surface area (Å²) in [6.45, 7) is 8.85. The number of para-hydroxylation sites is 1. The Morgan fingerprint density at radius 3 is 1.79 bits per heavy atom. The van der Waals surface area contributed by atoms with Gasteiger partial charge in [-0.1, -0.05) is 116 Å². The van der Waals surface area contributed by atoms with E-state index in [0.29, 0.717) is 17.6 Å². The highest BCUT2D eigenvalue weighted by molar-refractivity contribution is 6.11. The lowest BCUT2D eigenvalue weighted by atomic mass is 9.82. The van der Waals surface area contributed by atoms with Gasteiger partial charge in [0.15, 0.2) is 11.6 Å². The second kappa shape index (κ2) is 8.95. The highest BCUT2D eigenvalue weighted by atomic mass is 15.2. The van der Waals surface area contributed by atoms with E-state index >= 15 is 0 Å². The Kier molecular flexibility index (Phi) is 5.26. The molecule has 8 rings (SSSR count). The number of benzene rings is 5. The van der Waals surface area contributed by atoms with Crippen LogP contribution in [-0.4, -0.2) is 19.5 Å². The van der Waals surface area contributed by atoms with Crippen LogP contribution in [0.4, 0.5) is 0 Å². The molecule has 0 aliphatic heterocycles.